The highest BCUT2D eigenvalue weighted by Gasteiger charge is 2.40. The van der Waals surface area contributed by atoms with Crippen molar-refractivity contribution < 1.29 is 9.53 Å². The van der Waals surface area contributed by atoms with Gasteiger partial charge >= 0.3 is 0 Å². The number of piperidine rings is 1. The van der Waals surface area contributed by atoms with Gasteiger partial charge < -0.3 is 15.0 Å². The van der Waals surface area contributed by atoms with Crippen LogP contribution in [0.15, 0.2) is 24.3 Å². The minimum absolute atomic E-state index is 0.0926. The first kappa shape index (κ1) is 22.4. The van der Waals surface area contributed by atoms with Gasteiger partial charge in [-0.05, 0) is 76.1 Å². The maximum Gasteiger partial charge on any atom is 0.232 e. The van der Waals surface area contributed by atoms with Crippen molar-refractivity contribution in [3.05, 3.63) is 46.0 Å². The third-order valence-electron chi connectivity index (χ3n) is 6.97. The van der Waals surface area contributed by atoms with Crippen LogP contribution in [0.5, 0.6) is 0 Å². The zero-order chi connectivity index (χ0) is 21.8. The van der Waals surface area contributed by atoms with Gasteiger partial charge in [0.1, 0.15) is 0 Å². The van der Waals surface area contributed by atoms with E-state index in [9.17, 15) is 4.79 Å². The quantitative estimate of drug-likeness (QED) is 0.700. The first-order chi connectivity index (χ1) is 15.0. The average Bonchev–Trinajstić information content (AvgIpc) is 3.13. The highest BCUT2D eigenvalue weighted by molar-refractivity contribution is 7.15. The van der Waals surface area contributed by atoms with Crippen molar-refractivity contribution in [2.45, 2.75) is 58.3 Å². The number of aryl methyl sites for hydroxylation is 2. The maximum absolute atomic E-state index is 13.5. The van der Waals surface area contributed by atoms with E-state index < -0.39 is 5.41 Å². The lowest BCUT2D eigenvalue weighted by Crippen LogP contribution is -2.42. The Kier molecular flexibility index (Phi) is 7.09. The topological polar surface area (TPSA) is 54.5 Å². The van der Waals surface area contributed by atoms with Crippen LogP contribution in [-0.2, 0) is 22.4 Å². The highest BCUT2D eigenvalue weighted by Crippen LogP contribution is 2.37. The number of rotatable bonds is 6. The summed E-state index contributed by atoms with van der Waals surface area (Å²) in [5.74, 6) is 0.680. The van der Waals surface area contributed by atoms with Crippen LogP contribution in [0.1, 0.15) is 60.2 Å². The number of ether oxygens (including phenoxy) is 1. The number of carbonyl (C=O) groups excluding carboxylic acids is 1. The third-order valence-corrected chi connectivity index (χ3v) is 7.90. The summed E-state index contributed by atoms with van der Waals surface area (Å²) < 4.78 is 5.64. The number of anilines is 1. The number of amides is 1. The van der Waals surface area contributed by atoms with Crippen LogP contribution in [0.3, 0.4) is 0 Å². The zero-order valence-corrected chi connectivity index (χ0v) is 19.9. The Hall–Kier alpha value is -1.76. The van der Waals surface area contributed by atoms with E-state index in [2.05, 4.69) is 60.4 Å². The van der Waals surface area contributed by atoms with Crippen molar-refractivity contribution >= 4 is 22.4 Å². The Morgan fingerprint density at radius 3 is 2.87 bits per heavy atom. The molecule has 1 unspecified atom stereocenters. The molecule has 6 heteroatoms. The molecule has 31 heavy (non-hydrogen) atoms. The SMILES string of the molecule is CCc1nc(NC(=O)C2(Cc3cccc(C4CCCN(C)C4)c3)CCOCC2)sc1C. The molecule has 1 N–H and O–H groups in total. The molecule has 2 aliphatic rings. The van der Waals surface area contributed by atoms with E-state index in [1.165, 1.54) is 35.4 Å². The predicted molar refractivity (Wildman–Crippen MR) is 127 cm³/mol. The standard InChI is InChI=1S/C25H35N3O2S/c1-4-22-18(2)31-24(26-22)27-23(29)25(10-13-30-14-11-25)16-19-7-5-8-20(15-19)21-9-6-12-28(3)17-21/h5,7-8,15,21H,4,6,9-14,16-17H2,1-3H3,(H,26,27,29). The molecule has 0 aliphatic carbocycles. The minimum atomic E-state index is -0.438. The van der Waals surface area contributed by atoms with E-state index in [4.69, 9.17) is 4.74 Å². The molecule has 1 amide bonds. The molecule has 2 aliphatic heterocycles. The minimum Gasteiger partial charge on any atom is -0.381 e. The van der Waals surface area contributed by atoms with Gasteiger partial charge in [-0.2, -0.15) is 0 Å². The van der Waals surface area contributed by atoms with Gasteiger partial charge in [-0.25, -0.2) is 4.98 Å². The van der Waals surface area contributed by atoms with Crippen LogP contribution in [0.2, 0.25) is 0 Å². The summed E-state index contributed by atoms with van der Waals surface area (Å²) in [6, 6.07) is 8.96. The molecule has 0 bridgehead atoms. The molecular formula is C25H35N3O2S. The summed E-state index contributed by atoms with van der Waals surface area (Å²) in [6.07, 6.45) is 5.64. The first-order valence-corrected chi connectivity index (χ1v) is 12.4. The third kappa shape index (κ3) is 5.18. The number of thiazole rings is 1. The summed E-state index contributed by atoms with van der Waals surface area (Å²) in [5.41, 5.74) is 3.31. The normalized spacial score (nSPS) is 21.7. The molecule has 168 valence electrons. The lowest BCUT2D eigenvalue weighted by Gasteiger charge is -2.36. The van der Waals surface area contributed by atoms with Crippen molar-refractivity contribution in [1.82, 2.24) is 9.88 Å². The Bertz CT molecular complexity index is 904. The number of nitrogens with zero attached hydrogens (tertiary/aromatic N) is 2. The van der Waals surface area contributed by atoms with E-state index in [-0.39, 0.29) is 5.91 Å². The van der Waals surface area contributed by atoms with Crippen molar-refractivity contribution in [3.8, 4) is 0 Å². The molecule has 2 fully saturated rings. The van der Waals surface area contributed by atoms with E-state index in [0.29, 0.717) is 19.1 Å². The van der Waals surface area contributed by atoms with Gasteiger partial charge in [-0.3, -0.25) is 4.79 Å². The predicted octanol–water partition coefficient (Wildman–Crippen LogP) is 4.80. The van der Waals surface area contributed by atoms with Crippen molar-refractivity contribution in [2.24, 2.45) is 5.41 Å². The van der Waals surface area contributed by atoms with E-state index in [1.807, 2.05) is 0 Å². The number of nitrogens with one attached hydrogen (secondary N) is 1. The molecule has 3 heterocycles. The van der Waals surface area contributed by atoms with Gasteiger partial charge in [0.05, 0.1) is 11.1 Å². The molecule has 2 aromatic rings. The molecule has 4 rings (SSSR count). The number of carbonyl (C=O) groups is 1. The second kappa shape index (κ2) is 9.80. The summed E-state index contributed by atoms with van der Waals surface area (Å²) in [5, 5.41) is 3.88. The summed E-state index contributed by atoms with van der Waals surface area (Å²) in [6.45, 7) is 7.76. The molecule has 1 atom stereocenters. The van der Waals surface area contributed by atoms with Gasteiger partial charge in [0, 0.05) is 24.6 Å². The molecule has 1 aromatic carbocycles. The molecule has 1 aromatic heterocycles. The number of hydrogen-bond acceptors (Lipinski definition) is 5. The van der Waals surface area contributed by atoms with Crippen molar-refractivity contribution in [2.75, 3.05) is 38.7 Å². The number of hydrogen-bond donors (Lipinski definition) is 1. The van der Waals surface area contributed by atoms with Crippen LogP contribution in [0.25, 0.3) is 0 Å². The monoisotopic (exact) mass is 441 g/mol. The van der Waals surface area contributed by atoms with Crippen molar-refractivity contribution in [3.63, 3.8) is 0 Å². The molecule has 0 saturated carbocycles. The van der Waals surface area contributed by atoms with Crippen LogP contribution >= 0.6 is 11.3 Å². The molecule has 0 spiro atoms. The summed E-state index contributed by atoms with van der Waals surface area (Å²) in [7, 11) is 2.21. The van der Waals surface area contributed by atoms with Gasteiger partial charge in [0.25, 0.3) is 0 Å². The fourth-order valence-electron chi connectivity index (χ4n) is 5.07. The maximum atomic E-state index is 13.5. The number of benzene rings is 1. The molecule has 0 radical (unpaired) electrons. The second-order valence-corrected chi connectivity index (χ2v) is 10.4. The fourth-order valence-corrected chi connectivity index (χ4v) is 5.97. The van der Waals surface area contributed by atoms with Crippen LogP contribution in [0, 0.1) is 12.3 Å². The van der Waals surface area contributed by atoms with E-state index in [0.717, 1.165) is 43.1 Å². The Morgan fingerprint density at radius 1 is 1.35 bits per heavy atom. The van der Waals surface area contributed by atoms with Gasteiger partial charge in [-0.15, -0.1) is 11.3 Å². The largest absolute Gasteiger partial charge is 0.381 e. The van der Waals surface area contributed by atoms with E-state index >= 15 is 0 Å². The smallest absolute Gasteiger partial charge is 0.232 e. The lowest BCUT2D eigenvalue weighted by atomic mass is 9.74. The lowest BCUT2D eigenvalue weighted by molar-refractivity contribution is -0.131. The Balaban J connectivity index is 1.53. The summed E-state index contributed by atoms with van der Waals surface area (Å²) >= 11 is 1.58. The average molecular weight is 442 g/mol. The van der Waals surface area contributed by atoms with Crippen LogP contribution < -0.4 is 5.32 Å². The van der Waals surface area contributed by atoms with Gasteiger partial charge in [-0.1, -0.05) is 31.2 Å². The van der Waals surface area contributed by atoms with Crippen LogP contribution in [0.4, 0.5) is 5.13 Å². The molecular weight excluding hydrogens is 406 g/mol. The number of aromatic nitrogens is 1. The zero-order valence-electron chi connectivity index (χ0n) is 19.1. The summed E-state index contributed by atoms with van der Waals surface area (Å²) in [4.78, 5) is 21.8. The number of likely N-dealkylation sites (tertiary alicyclic amines) is 1. The second-order valence-electron chi connectivity index (χ2n) is 9.25. The Morgan fingerprint density at radius 2 is 2.16 bits per heavy atom. The van der Waals surface area contributed by atoms with Gasteiger partial charge in [0.15, 0.2) is 5.13 Å². The number of likely N-dealkylation sites (N-methyl/N-ethyl adjacent to an activating group) is 1. The van der Waals surface area contributed by atoms with Crippen molar-refractivity contribution in [1.29, 1.82) is 0 Å². The van der Waals surface area contributed by atoms with E-state index in [1.54, 1.807) is 11.3 Å². The van der Waals surface area contributed by atoms with Crippen LogP contribution in [-0.4, -0.2) is 49.1 Å². The molecule has 5 nitrogen and oxygen atoms in total. The Labute approximate surface area is 190 Å². The van der Waals surface area contributed by atoms with Gasteiger partial charge in [0.2, 0.25) is 5.91 Å². The highest BCUT2D eigenvalue weighted by atomic mass is 32.1. The molecule has 2 saturated heterocycles. The fraction of sp³-hybridized carbons (Fsp3) is 0.600. The first-order valence-electron chi connectivity index (χ1n) is 11.6.